The molecular weight excluding hydrogens is 107 g/mol. The van der Waals surface area contributed by atoms with E-state index in [1.165, 1.54) is 5.69 Å². The van der Waals surface area contributed by atoms with Gasteiger partial charge in [-0.15, -0.1) is 0 Å². The minimum absolute atomic E-state index is 0.981. The van der Waals surface area contributed by atoms with Gasteiger partial charge in [0.15, 0.2) is 0 Å². The van der Waals surface area contributed by atoms with E-state index in [1.54, 1.807) is 0 Å². The van der Waals surface area contributed by atoms with Crippen molar-refractivity contribution in [2.24, 2.45) is 0 Å². The number of aromatic amines is 1. The molecule has 0 fully saturated rings. The Labute approximate surface area is 44.2 Å². The van der Waals surface area contributed by atoms with Gasteiger partial charge in [0.1, 0.15) is 8.51 Å². The number of rotatable bonds is 0. The number of hydrogen-bond acceptors (Lipinski definition) is 1. The van der Waals surface area contributed by atoms with E-state index in [9.17, 15) is 0 Å². The molecule has 0 spiro atoms. The normalized spacial score (nSPS) is 9.43. The fourth-order valence-corrected chi connectivity index (χ4v) is 0.993. The Bertz CT molecular complexity index is 142. The van der Waals surface area contributed by atoms with E-state index >= 15 is 0 Å². The van der Waals surface area contributed by atoms with Crippen LogP contribution >= 0.6 is 8.51 Å². The summed E-state index contributed by atoms with van der Waals surface area (Å²) in [6, 6.07) is 0. The van der Waals surface area contributed by atoms with Crippen LogP contribution in [0.25, 0.3) is 0 Å². The SMILES string of the molecule is Cc1np[nH]c1C. The lowest BCUT2D eigenvalue weighted by Gasteiger charge is -1.78. The van der Waals surface area contributed by atoms with Gasteiger partial charge in [-0.1, -0.05) is 0 Å². The van der Waals surface area contributed by atoms with Gasteiger partial charge in [0, 0.05) is 5.69 Å². The molecule has 2 nitrogen and oxygen atoms in total. The average molecular weight is 114 g/mol. The summed E-state index contributed by atoms with van der Waals surface area (Å²) in [4.78, 5) is 0. The highest BCUT2D eigenvalue weighted by Crippen LogP contribution is 2.03. The standard InChI is InChI=1S/C4H7N2P/c1-3-4(2)6-7-5-3/h1-2H3,(H,5,6). The van der Waals surface area contributed by atoms with Crippen LogP contribution in [0.15, 0.2) is 0 Å². The van der Waals surface area contributed by atoms with E-state index in [2.05, 4.69) is 9.49 Å². The summed E-state index contributed by atoms with van der Waals surface area (Å²) >= 11 is 0. The van der Waals surface area contributed by atoms with Crippen LogP contribution in [-0.2, 0) is 0 Å². The summed E-state index contributed by atoms with van der Waals surface area (Å²) in [6.07, 6.45) is 0. The number of nitrogens with zero attached hydrogens (tertiary/aromatic N) is 1. The minimum Gasteiger partial charge on any atom is -0.325 e. The summed E-state index contributed by atoms with van der Waals surface area (Å²) in [6.45, 7) is 4.03. The molecule has 1 heterocycles. The third-order valence-electron chi connectivity index (χ3n) is 0.960. The van der Waals surface area contributed by atoms with Crippen LogP contribution in [-0.4, -0.2) is 9.49 Å². The number of H-pyrrole nitrogens is 1. The Morgan fingerprint density at radius 3 is 2.43 bits per heavy atom. The average Bonchev–Trinajstić information content (AvgIpc) is 1.91. The van der Waals surface area contributed by atoms with E-state index in [4.69, 9.17) is 0 Å². The van der Waals surface area contributed by atoms with Gasteiger partial charge in [0.2, 0.25) is 0 Å². The Morgan fingerprint density at radius 2 is 2.29 bits per heavy atom. The molecule has 0 saturated heterocycles. The monoisotopic (exact) mass is 114 g/mol. The number of hydrogen-bond donors (Lipinski definition) is 1. The highest BCUT2D eigenvalue weighted by atomic mass is 31.1. The van der Waals surface area contributed by atoms with Crippen molar-refractivity contribution < 1.29 is 0 Å². The second-order valence-corrected chi connectivity index (χ2v) is 2.15. The summed E-state index contributed by atoms with van der Waals surface area (Å²) in [5.41, 5.74) is 2.32. The van der Waals surface area contributed by atoms with Gasteiger partial charge in [0.25, 0.3) is 0 Å². The quantitative estimate of drug-likeness (QED) is 0.545. The third-order valence-corrected chi connectivity index (χ3v) is 1.80. The molecular formula is C4H7N2P. The molecule has 0 aromatic carbocycles. The lowest BCUT2D eigenvalue weighted by atomic mass is 10.4. The summed E-state index contributed by atoms with van der Waals surface area (Å²) in [5.74, 6) is 0. The van der Waals surface area contributed by atoms with Crippen LogP contribution < -0.4 is 0 Å². The highest BCUT2D eigenvalue weighted by molar-refractivity contribution is 7.20. The summed E-state index contributed by atoms with van der Waals surface area (Å²) in [7, 11) is 0.981. The van der Waals surface area contributed by atoms with Gasteiger partial charge in [-0.3, -0.25) is 0 Å². The number of nitrogens with one attached hydrogen (secondary N) is 1. The predicted octanol–water partition coefficient (Wildman–Crippen LogP) is 1.61. The smallest absolute Gasteiger partial charge is 0.129 e. The van der Waals surface area contributed by atoms with Crippen LogP contribution in [0.5, 0.6) is 0 Å². The second kappa shape index (κ2) is 1.63. The van der Waals surface area contributed by atoms with E-state index in [-0.39, 0.29) is 0 Å². The molecule has 38 valence electrons. The lowest BCUT2D eigenvalue weighted by Crippen LogP contribution is -1.71. The maximum atomic E-state index is 4.06. The maximum absolute atomic E-state index is 4.06. The first-order valence-electron chi connectivity index (χ1n) is 2.15. The Balaban J connectivity index is 3.12. The zero-order chi connectivity index (χ0) is 5.28. The van der Waals surface area contributed by atoms with Crippen molar-refractivity contribution in [2.45, 2.75) is 13.8 Å². The van der Waals surface area contributed by atoms with E-state index in [1.807, 2.05) is 13.8 Å². The van der Waals surface area contributed by atoms with Crippen molar-refractivity contribution in [2.75, 3.05) is 0 Å². The first kappa shape index (κ1) is 4.79. The van der Waals surface area contributed by atoms with Crippen molar-refractivity contribution in [1.82, 2.24) is 9.49 Å². The van der Waals surface area contributed by atoms with Crippen LogP contribution in [0.3, 0.4) is 0 Å². The fraction of sp³-hybridized carbons (Fsp3) is 0.500. The van der Waals surface area contributed by atoms with E-state index < -0.39 is 0 Å². The number of aromatic nitrogens is 2. The first-order valence-corrected chi connectivity index (χ1v) is 2.99. The van der Waals surface area contributed by atoms with Crippen molar-refractivity contribution in [3.8, 4) is 0 Å². The van der Waals surface area contributed by atoms with Gasteiger partial charge < -0.3 is 4.75 Å². The summed E-state index contributed by atoms with van der Waals surface area (Å²) < 4.78 is 7.11. The zero-order valence-corrected chi connectivity index (χ0v) is 5.29. The molecule has 0 aliphatic heterocycles. The fourth-order valence-electron chi connectivity index (χ4n) is 0.331. The molecule has 7 heavy (non-hydrogen) atoms. The Hall–Kier alpha value is -0.360. The van der Waals surface area contributed by atoms with Gasteiger partial charge in [-0.2, -0.15) is 0 Å². The van der Waals surface area contributed by atoms with Crippen molar-refractivity contribution in [3.63, 3.8) is 0 Å². The molecule has 0 bridgehead atoms. The zero-order valence-electron chi connectivity index (χ0n) is 4.39. The van der Waals surface area contributed by atoms with Crippen molar-refractivity contribution >= 4 is 8.51 Å². The molecule has 1 aromatic heterocycles. The third kappa shape index (κ3) is 0.804. The predicted molar refractivity (Wildman–Crippen MR) is 30.6 cm³/mol. The molecule has 3 heteroatoms. The molecule has 0 atom stereocenters. The largest absolute Gasteiger partial charge is 0.325 e. The van der Waals surface area contributed by atoms with Crippen molar-refractivity contribution in [1.29, 1.82) is 0 Å². The van der Waals surface area contributed by atoms with Gasteiger partial charge in [-0.05, 0) is 13.8 Å². The highest BCUT2D eigenvalue weighted by Gasteiger charge is 1.88. The van der Waals surface area contributed by atoms with E-state index in [0.29, 0.717) is 0 Å². The Kier molecular flexibility index (Phi) is 1.11. The molecule has 0 aliphatic carbocycles. The molecule has 1 aromatic rings. The van der Waals surface area contributed by atoms with Gasteiger partial charge >= 0.3 is 0 Å². The van der Waals surface area contributed by atoms with Crippen LogP contribution in [0.4, 0.5) is 0 Å². The van der Waals surface area contributed by atoms with Crippen LogP contribution in [0, 0.1) is 13.8 Å². The van der Waals surface area contributed by atoms with Crippen LogP contribution in [0.2, 0.25) is 0 Å². The molecule has 1 rings (SSSR count). The second-order valence-electron chi connectivity index (χ2n) is 1.52. The van der Waals surface area contributed by atoms with Crippen LogP contribution in [0.1, 0.15) is 11.4 Å². The number of aryl methyl sites for hydroxylation is 2. The Morgan fingerprint density at radius 1 is 1.57 bits per heavy atom. The minimum atomic E-state index is 0.981. The molecule has 0 amide bonds. The lowest BCUT2D eigenvalue weighted by molar-refractivity contribution is 1.22. The van der Waals surface area contributed by atoms with Crippen molar-refractivity contribution in [3.05, 3.63) is 11.4 Å². The first-order chi connectivity index (χ1) is 3.30. The molecule has 0 unspecified atom stereocenters. The van der Waals surface area contributed by atoms with Gasteiger partial charge in [-0.25, -0.2) is 4.75 Å². The molecule has 0 saturated carbocycles. The van der Waals surface area contributed by atoms with Gasteiger partial charge in [0.05, 0.1) is 5.69 Å². The van der Waals surface area contributed by atoms with E-state index in [0.717, 1.165) is 14.2 Å². The molecule has 0 aliphatic rings. The topological polar surface area (TPSA) is 28.7 Å². The summed E-state index contributed by atoms with van der Waals surface area (Å²) in [5, 5.41) is 0. The maximum Gasteiger partial charge on any atom is 0.129 e. The molecule has 0 radical (unpaired) electrons. The molecule has 1 N–H and O–H groups in total.